The van der Waals surface area contributed by atoms with Gasteiger partial charge in [0.15, 0.2) is 0 Å². The molecular formula is C11H12N4S. The molecule has 2 N–H and O–H groups in total. The van der Waals surface area contributed by atoms with E-state index >= 15 is 0 Å². The Labute approximate surface area is 99.4 Å². The summed E-state index contributed by atoms with van der Waals surface area (Å²) in [6.07, 6.45) is 4.67. The van der Waals surface area contributed by atoms with Crippen LogP contribution >= 0.6 is 12.2 Å². The van der Waals surface area contributed by atoms with Crippen LogP contribution in [0.3, 0.4) is 0 Å². The van der Waals surface area contributed by atoms with E-state index in [-0.39, 0.29) is 0 Å². The van der Waals surface area contributed by atoms with Crippen LogP contribution in [0.4, 0.5) is 0 Å². The third-order valence-corrected chi connectivity index (χ3v) is 2.20. The number of rotatable bonds is 5. The van der Waals surface area contributed by atoms with Crippen molar-refractivity contribution in [3.05, 3.63) is 51.9 Å². The second-order valence-electron chi connectivity index (χ2n) is 3.13. The zero-order valence-electron chi connectivity index (χ0n) is 8.71. The number of thiocarbonyl (C=S) groups is 1. The third-order valence-electron chi connectivity index (χ3n) is 1.96. The van der Waals surface area contributed by atoms with Gasteiger partial charge >= 0.3 is 0 Å². The van der Waals surface area contributed by atoms with Crippen LogP contribution in [-0.4, -0.2) is 11.5 Å². The molecule has 0 amide bonds. The Morgan fingerprint density at radius 2 is 2.12 bits per heavy atom. The van der Waals surface area contributed by atoms with Gasteiger partial charge in [-0.1, -0.05) is 53.7 Å². The molecule has 0 aromatic heterocycles. The van der Waals surface area contributed by atoms with Gasteiger partial charge < -0.3 is 5.73 Å². The molecule has 1 aromatic carbocycles. The van der Waals surface area contributed by atoms with E-state index in [1.165, 1.54) is 0 Å². The summed E-state index contributed by atoms with van der Waals surface area (Å²) >= 11 is 4.85. The lowest BCUT2D eigenvalue weighted by molar-refractivity contribution is 0.996. The monoisotopic (exact) mass is 232 g/mol. The van der Waals surface area contributed by atoms with Gasteiger partial charge in [0.2, 0.25) is 0 Å². The van der Waals surface area contributed by atoms with Crippen LogP contribution in [0, 0.1) is 0 Å². The molecule has 0 radical (unpaired) electrons. The summed E-state index contributed by atoms with van der Waals surface area (Å²) in [7, 11) is 0. The molecule has 0 bridgehead atoms. The maximum atomic E-state index is 8.08. The average Bonchev–Trinajstić information content (AvgIpc) is 2.29. The first-order valence-corrected chi connectivity index (χ1v) is 5.22. The van der Waals surface area contributed by atoms with Crippen LogP contribution in [0.15, 0.2) is 35.5 Å². The molecule has 0 spiro atoms. The van der Waals surface area contributed by atoms with Gasteiger partial charge in [-0.15, -0.1) is 0 Å². The summed E-state index contributed by atoms with van der Waals surface area (Å²) in [5, 5.41) is 3.44. The smallest absolute Gasteiger partial charge is 0.103 e. The van der Waals surface area contributed by atoms with Crippen molar-refractivity contribution in [3.8, 4) is 0 Å². The Bertz CT molecular complexity index is 430. The van der Waals surface area contributed by atoms with Crippen molar-refractivity contribution in [1.82, 2.24) is 0 Å². The second kappa shape index (κ2) is 6.61. The van der Waals surface area contributed by atoms with Crippen molar-refractivity contribution in [1.29, 1.82) is 0 Å². The Morgan fingerprint density at radius 1 is 1.44 bits per heavy atom. The van der Waals surface area contributed by atoms with Gasteiger partial charge in [-0.25, -0.2) is 0 Å². The predicted molar refractivity (Wildman–Crippen MR) is 70.0 cm³/mol. The zero-order chi connectivity index (χ0) is 11.8. The minimum atomic E-state index is 0.402. The first kappa shape index (κ1) is 12.2. The highest BCUT2D eigenvalue weighted by Crippen LogP contribution is 2.06. The van der Waals surface area contributed by atoms with Crippen LogP contribution in [-0.2, 0) is 0 Å². The SMILES string of the molecule is [N-]=[N+]=NCCC=Cc1ccc(C(N)=S)cc1. The molecule has 1 rings (SSSR count). The van der Waals surface area contributed by atoms with Crippen molar-refractivity contribution < 1.29 is 0 Å². The van der Waals surface area contributed by atoms with Crippen molar-refractivity contribution in [2.24, 2.45) is 10.8 Å². The molecule has 0 unspecified atom stereocenters. The van der Waals surface area contributed by atoms with Crippen LogP contribution in [0.5, 0.6) is 0 Å². The molecular weight excluding hydrogens is 220 g/mol. The molecule has 0 aliphatic carbocycles. The largest absolute Gasteiger partial charge is 0.389 e. The van der Waals surface area contributed by atoms with Crippen LogP contribution in [0.25, 0.3) is 16.5 Å². The standard InChI is InChI=1S/C11H12N4S/c12-11(16)10-6-4-9(5-7-10)3-1-2-8-14-15-13/h1,3-7H,2,8H2,(H2,12,16). The molecule has 16 heavy (non-hydrogen) atoms. The molecule has 82 valence electrons. The lowest BCUT2D eigenvalue weighted by Crippen LogP contribution is -2.08. The summed E-state index contributed by atoms with van der Waals surface area (Å²) in [5.41, 5.74) is 15.5. The first-order chi connectivity index (χ1) is 7.74. The van der Waals surface area contributed by atoms with E-state index in [0.29, 0.717) is 11.5 Å². The molecule has 0 aliphatic heterocycles. The molecule has 1 aromatic rings. The fourth-order valence-corrected chi connectivity index (χ4v) is 1.29. The summed E-state index contributed by atoms with van der Waals surface area (Å²) in [6.45, 7) is 0.484. The quantitative estimate of drug-likeness (QED) is 0.278. The Hall–Kier alpha value is -1.84. The van der Waals surface area contributed by atoms with Crippen molar-refractivity contribution in [3.63, 3.8) is 0 Å². The molecule has 0 aliphatic rings. The molecule has 0 atom stereocenters. The second-order valence-corrected chi connectivity index (χ2v) is 3.57. The number of nitrogens with two attached hydrogens (primary N) is 1. The number of benzene rings is 1. The Morgan fingerprint density at radius 3 is 2.69 bits per heavy atom. The fraction of sp³-hybridized carbons (Fsp3) is 0.182. The molecule has 4 nitrogen and oxygen atoms in total. The van der Waals surface area contributed by atoms with Gasteiger partial charge in [-0.05, 0) is 17.5 Å². The topological polar surface area (TPSA) is 74.8 Å². The molecule has 5 heteroatoms. The normalized spacial score (nSPS) is 10.0. The van der Waals surface area contributed by atoms with E-state index in [2.05, 4.69) is 10.0 Å². The van der Waals surface area contributed by atoms with E-state index in [9.17, 15) is 0 Å². The Balaban J connectivity index is 2.54. The van der Waals surface area contributed by atoms with Gasteiger partial charge in [0.25, 0.3) is 0 Å². The van der Waals surface area contributed by atoms with Gasteiger partial charge in [0, 0.05) is 17.0 Å². The fourth-order valence-electron chi connectivity index (χ4n) is 1.15. The maximum Gasteiger partial charge on any atom is 0.103 e. The minimum Gasteiger partial charge on any atom is -0.389 e. The summed E-state index contributed by atoms with van der Waals surface area (Å²) in [6, 6.07) is 7.65. The summed E-state index contributed by atoms with van der Waals surface area (Å²) in [4.78, 5) is 3.08. The van der Waals surface area contributed by atoms with E-state index in [1.807, 2.05) is 36.4 Å². The average molecular weight is 232 g/mol. The number of nitrogens with zero attached hydrogens (tertiary/aromatic N) is 3. The van der Waals surface area contributed by atoms with Gasteiger partial charge in [-0.3, -0.25) is 0 Å². The highest BCUT2D eigenvalue weighted by Gasteiger charge is 1.93. The highest BCUT2D eigenvalue weighted by molar-refractivity contribution is 7.80. The lowest BCUT2D eigenvalue weighted by atomic mass is 10.1. The number of hydrogen-bond acceptors (Lipinski definition) is 2. The van der Waals surface area contributed by atoms with Gasteiger partial charge in [0.05, 0.1) is 0 Å². The molecule has 0 fully saturated rings. The van der Waals surface area contributed by atoms with E-state index in [4.69, 9.17) is 23.5 Å². The third kappa shape index (κ3) is 4.13. The number of hydrogen-bond donors (Lipinski definition) is 1. The number of azide groups is 1. The zero-order valence-corrected chi connectivity index (χ0v) is 9.52. The van der Waals surface area contributed by atoms with E-state index < -0.39 is 0 Å². The van der Waals surface area contributed by atoms with Crippen molar-refractivity contribution in [2.75, 3.05) is 6.54 Å². The van der Waals surface area contributed by atoms with Crippen LogP contribution in [0.2, 0.25) is 0 Å². The molecule has 0 saturated carbocycles. The van der Waals surface area contributed by atoms with Gasteiger partial charge in [-0.2, -0.15) is 0 Å². The molecule has 0 heterocycles. The Kier molecular flexibility index (Phi) is 5.05. The van der Waals surface area contributed by atoms with Gasteiger partial charge in [0.1, 0.15) is 4.99 Å². The van der Waals surface area contributed by atoms with E-state index in [0.717, 1.165) is 17.5 Å². The van der Waals surface area contributed by atoms with Crippen molar-refractivity contribution in [2.45, 2.75) is 6.42 Å². The van der Waals surface area contributed by atoms with Crippen molar-refractivity contribution >= 4 is 23.3 Å². The lowest BCUT2D eigenvalue weighted by Gasteiger charge is -1.98. The maximum absolute atomic E-state index is 8.08. The van der Waals surface area contributed by atoms with Crippen LogP contribution < -0.4 is 5.73 Å². The van der Waals surface area contributed by atoms with Crippen LogP contribution in [0.1, 0.15) is 17.5 Å². The minimum absolute atomic E-state index is 0.402. The first-order valence-electron chi connectivity index (χ1n) is 4.81. The predicted octanol–water partition coefficient (Wildman–Crippen LogP) is 3.03. The highest BCUT2D eigenvalue weighted by atomic mass is 32.1. The summed E-state index contributed by atoms with van der Waals surface area (Å²) < 4.78 is 0. The molecule has 0 saturated heterocycles. The van der Waals surface area contributed by atoms with E-state index in [1.54, 1.807) is 0 Å². The summed E-state index contributed by atoms with van der Waals surface area (Å²) in [5.74, 6) is 0.